The highest BCUT2D eigenvalue weighted by atomic mass is 16.1. The molecule has 4 saturated carbocycles. The van der Waals surface area contributed by atoms with Crippen LogP contribution >= 0.6 is 0 Å². The summed E-state index contributed by atoms with van der Waals surface area (Å²) >= 11 is 0. The Morgan fingerprint density at radius 2 is 1.61 bits per heavy atom. The monoisotopic (exact) mass is 429 g/mol. The number of hydrogen-bond acceptors (Lipinski definition) is 1. The van der Waals surface area contributed by atoms with Gasteiger partial charge in [0.15, 0.2) is 0 Å². The molecule has 2 nitrogen and oxygen atoms in total. The van der Waals surface area contributed by atoms with Crippen molar-refractivity contribution in [3.63, 3.8) is 0 Å². The van der Waals surface area contributed by atoms with Gasteiger partial charge in [0, 0.05) is 13.0 Å². The van der Waals surface area contributed by atoms with Gasteiger partial charge in [0.1, 0.15) is 0 Å². The maximum absolute atomic E-state index is 11.6. The summed E-state index contributed by atoms with van der Waals surface area (Å²) in [7, 11) is 0. The smallest absolute Gasteiger partial charge is 0.217 e. The van der Waals surface area contributed by atoms with E-state index < -0.39 is 0 Å². The maximum atomic E-state index is 11.6. The van der Waals surface area contributed by atoms with Crippen molar-refractivity contribution in [3.05, 3.63) is 0 Å². The van der Waals surface area contributed by atoms with Crippen LogP contribution in [0, 0.1) is 52.3 Å². The predicted octanol–water partition coefficient (Wildman–Crippen LogP) is 7.61. The molecule has 0 saturated heterocycles. The third kappa shape index (κ3) is 4.35. The fourth-order valence-electron chi connectivity index (χ4n) is 9.70. The second-order valence-corrected chi connectivity index (χ2v) is 13.4. The molecule has 9 atom stereocenters. The Balaban J connectivity index is 1.43. The third-order valence-electron chi connectivity index (χ3n) is 11.3. The van der Waals surface area contributed by atoms with E-state index in [4.69, 9.17) is 0 Å². The van der Waals surface area contributed by atoms with Gasteiger partial charge in [0.05, 0.1) is 0 Å². The zero-order chi connectivity index (χ0) is 22.4. The highest BCUT2D eigenvalue weighted by molar-refractivity contribution is 5.73. The molecule has 178 valence electrons. The zero-order valence-electron chi connectivity index (χ0n) is 21.5. The predicted molar refractivity (Wildman–Crippen MR) is 131 cm³/mol. The highest BCUT2D eigenvalue weighted by Crippen LogP contribution is 2.68. The lowest BCUT2D eigenvalue weighted by Gasteiger charge is -2.61. The third-order valence-corrected chi connectivity index (χ3v) is 11.3. The molecule has 0 heterocycles. The van der Waals surface area contributed by atoms with Crippen LogP contribution in [0.1, 0.15) is 119 Å². The van der Waals surface area contributed by atoms with Crippen molar-refractivity contribution in [1.82, 2.24) is 5.32 Å². The number of nitrogens with one attached hydrogen (secondary N) is 1. The fourth-order valence-corrected chi connectivity index (χ4v) is 9.70. The number of hydrogen-bond donors (Lipinski definition) is 1. The quantitative estimate of drug-likeness (QED) is 0.462. The van der Waals surface area contributed by atoms with Gasteiger partial charge in [0.25, 0.3) is 0 Å². The summed E-state index contributed by atoms with van der Waals surface area (Å²) in [4.78, 5) is 11.6. The minimum Gasteiger partial charge on any atom is -0.354 e. The summed E-state index contributed by atoms with van der Waals surface area (Å²) < 4.78 is 0. The minimum absolute atomic E-state index is 0.162. The molecule has 0 aliphatic heterocycles. The Morgan fingerprint density at radius 1 is 0.903 bits per heavy atom. The molecule has 4 aliphatic rings. The summed E-state index contributed by atoms with van der Waals surface area (Å²) in [6.45, 7) is 14.4. The zero-order valence-corrected chi connectivity index (χ0v) is 21.5. The molecule has 0 aromatic rings. The molecule has 1 amide bonds. The van der Waals surface area contributed by atoms with E-state index in [-0.39, 0.29) is 5.91 Å². The van der Waals surface area contributed by atoms with Crippen LogP contribution < -0.4 is 5.32 Å². The van der Waals surface area contributed by atoms with Crippen LogP contribution in [-0.4, -0.2) is 11.9 Å². The molecule has 2 heteroatoms. The first-order valence-corrected chi connectivity index (χ1v) is 13.9. The van der Waals surface area contributed by atoms with Crippen LogP contribution in [0.15, 0.2) is 0 Å². The molecular weight excluding hydrogens is 378 g/mol. The van der Waals surface area contributed by atoms with Gasteiger partial charge in [-0.1, -0.05) is 53.9 Å². The van der Waals surface area contributed by atoms with Crippen molar-refractivity contribution in [2.75, 3.05) is 0 Å². The standard InChI is InChI=1S/C29H51NO/c1-19(2)8-7-9-20(3)25-12-13-26-24-11-10-22-18-23(30-21(4)31)14-16-28(22,5)27(24)15-17-29(25,26)6/h19-20,22-27H,7-18H2,1-6H3,(H,30,31)/t20-,22+,23+,24+,25+,26+,27-,28+,29-/m1/s1. The van der Waals surface area contributed by atoms with Crippen molar-refractivity contribution in [2.45, 2.75) is 125 Å². The number of fused-ring (bicyclic) bond motifs is 5. The maximum Gasteiger partial charge on any atom is 0.217 e. The van der Waals surface area contributed by atoms with E-state index in [0.717, 1.165) is 41.4 Å². The van der Waals surface area contributed by atoms with E-state index in [1.807, 2.05) is 0 Å². The lowest BCUT2D eigenvalue weighted by atomic mass is 9.44. The second kappa shape index (κ2) is 9.02. The van der Waals surface area contributed by atoms with E-state index >= 15 is 0 Å². The van der Waals surface area contributed by atoms with Gasteiger partial charge >= 0.3 is 0 Å². The Hall–Kier alpha value is -0.530. The first-order valence-electron chi connectivity index (χ1n) is 13.9. The van der Waals surface area contributed by atoms with Gasteiger partial charge in [-0.15, -0.1) is 0 Å². The van der Waals surface area contributed by atoms with E-state index in [1.165, 1.54) is 77.0 Å². The molecule has 4 aliphatic carbocycles. The summed E-state index contributed by atoms with van der Waals surface area (Å²) in [6.07, 6.45) is 16.9. The summed E-state index contributed by atoms with van der Waals surface area (Å²) in [5.41, 5.74) is 1.13. The lowest BCUT2D eigenvalue weighted by Crippen LogP contribution is -2.55. The molecule has 0 spiro atoms. The van der Waals surface area contributed by atoms with E-state index in [2.05, 4.69) is 39.9 Å². The van der Waals surface area contributed by atoms with Crippen molar-refractivity contribution in [2.24, 2.45) is 52.3 Å². The first kappa shape index (κ1) is 23.6. The molecule has 0 bridgehead atoms. The van der Waals surface area contributed by atoms with E-state index in [9.17, 15) is 4.79 Å². The van der Waals surface area contributed by atoms with Gasteiger partial charge in [0.2, 0.25) is 5.91 Å². The largest absolute Gasteiger partial charge is 0.354 e. The number of rotatable bonds is 6. The Labute approximate surface area is 193 Å². The second-order valence-electron chi connectivity index (χ2n) is 13.4. The number of carbonyl (C=O) groups is 1. The van der Waals surface area contributed by atoms with Crippen LogP contribution in [0.3, 0.4) is 0 Å². The normalized spacial score (nSPS) is 45.5. The van der Waals surface area contributed by atoms with E-state index in [0.29, 0.717) is 16.9 Å². The lowest BCUT2D eigenvalue weighted by molar-refractivity contribution is -0.126. The van der Waals surface area contributed by atoms with Gasteiger partial charge in [-0.3, -0.25) is 4.79 Å². The Kier molecular flexibility index (Phi) is 6.87. The van der Waals surface area contributed by atoms with Crippen LogP contribution in [0.25, 0.3) is 0 Å². The molecule has 0 radical (unpaired) electrons. The molecule has 4 rings (SSSR count). The average Bonchev–Trinajstić information content (AvgIpc) is 3.05. The van der Waals surface area contributed by atoms with Crippen LogP contribution in [0.5, 0.6) is 0 Å². The van der Waals surface area contributed by atoms with Crippen molar-refractivity contribution >= 4 is 5.91 Å². The Bertz CT molecular complexity index is 643. The van der Waals surface area contributed by atoms with Gasteiger partial charge in [-0.25, -0.2) is 0 Å². The first-order chi connectivity index (χ1) is 14.6. The number of amides is 1. The topological polar surface area (TPSA) is 29.1 Å². The summed E-state index contributed by atoms with van der Waals surface area (Å²) in [5, 5.41) is 3.25. The van der Waals surface area contributed by atoms with Crippen molar-refractivity contribution in [1.29, 1.82) is 0 Å². The van der Waals surface area contributed by atoms with Gasteiger partial charge in [-0.05, 0) is 110 Å². The van der Waals surface area contributed by atoms with Crippen LogP contribution in [0.2, 0.25) is 0 Å². The molecule has 0 aromatic heterocycles. The molecule has 1 N–H and O–H groups in total. The van der Waals surface area contributed by atoms with E-state index in [1.54, 1.807) is 6.92 Å². The minimum atomic E-state index is 0.162. The highest BCUT2D eigenvalue weighted by Gasteiger charge is 2.60. The summed E-state index contributed by atoms with van der Waals surface area (Å²) in [6, 6.07) is 0.434. The SMILES string of the molecule is CC(=O)N[C@H]1CC[C@@]2(C)[C@@H](CC[C@@H]3[C@H]2CC[C@@]2(C)[C@H]3CC[C@H]2[C@H](C)CCCC(C)C)C1. The number of carbonyl (C=O) groups excluding carboxylic acids is 1. The molecule has 31 heavy (non-hydrogen) atoms. The van der Waals surface area contributed by atoms with Gasteiger partial charge < -0.3 is 5.32 Å². The fraction of sp³-hybridized carbons (Fsp3) is 0.966. The van der Waals surface area contributed by atoms with Crippen molar-refractivity contribution in [3.8, 4) is 0 Å². The summed E-state index contributed by atoms with van der Waals surface area (Å²) in [5.74, 6) is 6.62. The van der Waals surface area contributed by atoms with Crippen molar-refractivity contribution < 1.29 is 4.79 Å². The Morgan fingerprint density at radius 3 is 2.32 bits per heavy atom. The van der Waals surface area contributed by atoms with Crippen LogP contribution in [-0.2, 0) is 4.79 Å². The average molecular weight is 430 g/mol. The molecular formula is C29H51NO. The molecule has 4 fully saturated rings. The van der Waals surface area contributed by atoms with Crippen LogP contribution in [0.4, 0.5) is 0 Å². The molecule has 0 aromatic carbocycles. The molecule has 0 unspecified atom stereocenters. The van der Waals surface area contributed by atoms with Gasteiger partial charge in [-0.2, -0.15) is 0 Å².